The lowest BCUT2D eigenvalue weighted by atomic mass is 10.2. The summed E-state index contributed by atoms with van der Waals surface area (Å²) >= 11 is 1.36. The Kier molecular flexibility index (Phi) is 7.62. The standard InChI is InChI=1S/C21H29N5O3S/c1-4-7-14-24-15-13-18(26(20(24)27)19-23-22-17(5-2)30-19)29-21(28)25(6-3)16-11-9-8-10-12-16/h8-12,18H,4-7,13-15H2,1-3H3. The molecule has 0 saturated carbocycles. The molecule has 1 aromatic heterocycles. The highest BCUT2D eigenvalue weighted by molar-refractivity contribution is 7.15. The Balaban J connectivity index is 1.82. The molecule has 2 heterocycles. The highest BCUT2D eigenvalue weighted by atomic mass is 32.1. The molecule has 30 heavy (non-hydrogen) atoms. The molecular formula is C21H29N5O3S. The highest BCUT2D eigenvalue weighted by Gasteiger charge is 2.39. The van der Waals surface area contributed by atoms with Crippen LogP contribution < -0.4 is 9.80 Å². The van der Waals surface area contributed by atoms with Crippen molar-refractivity contribution in [2.24, 2.45) is 0 Å². The number of rotatable bonds is 8. The maximum atomic E-state index is 13.2. The molecule has 1 atom stereocenters. The maximum Gasteiger partial charge on any atom is 0.416 e. The van der Waals surface area contributed by atoms with E-state index in [1.165, 1.54) is 16.2 Å². The molecule has 1 aliphatic rings. The third-order valence-electron chi connectivity index (χ3n) is 5.00. The molecule has 8 nitrogen and oxygen atoms in total. The fourth-order valence-corrected chi connectivity index (χ4v) is 4.14. The summed E-state index contributed by atoms with van der Waals surface area (Å²) in [5, 5.41) is 9.66. The largest absolute Gasteiger partial charge is 0.424 e. The van der Waals surface area contributed by atoms with Gasteiger partial charge in [0.05, 0.1) is 0 Å². The first kappa shape index (κ1) is 22.0. The van der Waals surface area contributed by atoms with Crippen LogP contribution in [0.2, 0.25) is 0 Å². The first-order valence-electron chi connectivity index (χ1n) is 10.5. The van der Waals surface area contributed by atoms with Crippen molar-refractivity contribution >= 4 is 34.3 Å². The monoisotopic (exact) mass is 431 g/mol. The van der Waals surface area contributed by atoms with Crippen LogP contribution in [0.5, 0.6) is 0 Å². The number of hydrogen-bond acceptors (Lipinski definition) is 6. The van der Waals surface area contributed by atoms with Gasteiger partial charge in [-0.05, 0) is 31.9 Å². The molecule has 1 aromatic carbocycles. The van der Waals surface area contributed by atoms with E-state index in [4.69, 9.17) is 4.74 Å². The van der Waals surface area contributed by atoms with Crippen molar-refractivity contribution in [2.75, 3.05) is 29.4 Å². The molecule has 162 valence electrons. The van der Waals surface area contributed by atoms with E-state index < -0.39 is 12.3 Å². The molecular weight excluding hydrogens is 402 g/mol. The van der Waals surface area contributed by atoms with Crippen LogP contribution in [0.15, 0.2) is 30.3 Å². The third-order valence-corrected chi connectivity index (χ3v) is 6.07. The van der Waals surface area contributed by atoms with Gasteiger partial charge >= 0.3 is 12.1 Å². The Bertz CT molecular complexity index is 844. The second-order valence-corrected chi connectivity index (χ2v) is 8.07. The van der Waals surface area contributed by atoms with E-state index in [1.807, 2.05) is 44.2 Å². The van der Waals surface area contributed by atoms with E-state index >= 15 is 0 Å². The van der Waals surface area contributed by atoms with Crippen molar-refractivity contribution in [2.45, 2.75) is 52.7 Å². The van der Waals surface area contributed by atoms with Gasteiger partial charge in [-0.1, -0.05) is 49.8 Å². The molecule has 2 aromatic rings. The summed E-state index contributed by atoms with van der Waals surface area (Å²) in [5.41, 5.74) is 0.757. The molecule has 0 N–H and O–H groups in total. The molecule has 3 amide bonds. The number of aryl methyl sites for hydroxylation is 1. The van der Waals surface area contributed by atoms with Crippen molar-refractivity contribution in [3.63, 3.8) is 0 Å². The van der Waals surface area contributed by atoms with Gasteiger partial charge in [-0.2, -0.15) is 0 Å². The van der Waals surface area contributed by atoms with Gasteiger partial charge in [0.2, 0.25) is 5.13 Å². The number of amides is 3. The zero-order valence-electron chi connectivity index (χ0n) is 17.8. The van der Waals surface area contributed by atoms with Crippen molar-refractivity contribution in [3.05, 3.63) is 35.3 Å². The summed E-state index contributed by atoms with van der Waals surface area (Å²) < 4.78 is 5.84. The maximum absolute atomic E-state index is 13.2. The van der Waals surface area contributed by atoms with Crippen LogP contribution in [0.1, 0.15) is 45.0 Å². The van der Waals surface area contributed by atoms with Gasteiger partial charge in [-0.25, -0.2) is 14.5 Å². The fraction of sp³-hybridized carbons (Fsp3) is 0.524. The van der Waals surface area contributed by atoms with Gasteiger partial charge in [0.15, 0.2) is 6.23 Å². The smallest absolute Gasteiger partial charge is 0.416 e. The van der Waals surface area contributed by atoms with Gasteiger partial charge in [0.25, 0.3) is 0 Å². The second-order valence-electron chi connectivity index (χ2n) is 7.03. The molecule has 3 rings (SSSR count). The lowest BCUT2D eigenvalue weighted by Crippen LogP contribution is -2.57. The number of anilines is 2. The number of benzene rings is 1. The number of unbranched alkanes of at least 4 members (excludes halogenated alkanes) is 1. The average molecular weight is 432 g/mol. The number of para-hydroxylation sites is 1. The molecule has 0 radical (unpaired) electrons. The quantitative estimate of drug-likeness (QED) is 0.614. The van der Waals surface area contributed by atoms with Crippen molar-refractivity contribution in [3.8, 4) is 0 Å². The summed E-state index contributed by atoms with van der Waals surface area (Å²) in [4.78, 5) is 31.0. The van der Waals surface area contributed by atoms with Crippen LogP contribution in [-0.4, -0.2) is 53.1 Å². The van der Waals surface area contributed by atoms with Crippen LogP contribution in [0, 0.1) is 0 Å². The Morgan fingerprint density at radius 1 is 1.23 bits per heavy atom. The Labute approximate surface area is 181 Å². The van der Waals surface area contributed by atoms with Gasteiger partial charge in [-0.3, -0.25) is 4.90 Å². The van der Waals surface area contributed by atoms with Crippen molar-refractivity contribution < 1.29 is 14.3 Å². The summed E-state index contributed by atoms with van der Waals surface area (Å²) in [5.74, 6) is 0. The van der Waals surface area contributed by atoms with Gasteiger partial charge in [0.1, 0.15) is 5.01 Å². The zero-order chi connectivity index (χ0) is 21.5. The number of urea groups is 1. The average Bonchev–Trinajstić information content (AvgIpc) is 3.23. The van der Waals surface area contributed by atoms with E-state index in [0.717, 1.165) is 30.0 Å². The van der Waals surface area contributed by atoms with Crippen molar-refractivity contribution in [1.29, 1.82) is 0 Å². The van der Waals surface area contributed by atoms with Gasteiger partial charge in [-0.15, -0.1) is 10.2 Å². The number of carbonyl (C=O) groups is 2. The van der Waals surface area contributed by atoms with E-state index in [2.05, 4.69) is 17.1 Å². The number of ether oxygens (including phenoxy) is 1. The first-order valence-corrected chi connectivity index (χ1v) is 11.3. The third kappa shape index (κ3) is 4.89. The number of nitrogens with zero attached hydrogens (tertiary/aromatic N) is 5. The Morgan fingerprint density at radius 2 is 2.00 bits per heavy atom. The first-order chi connectivity index (χ1) is 14.6. The Hall–Kier alpha value is -2.68. The molecule has 1 aliphatic heterocycles. The van der Waals surface area contributed by atoms with E-state index in [1.54, 1.807) is 9.80 Å². The zero-order valence-corrected chi connectivity index (χ0v) is 18.6. The summed E-state index contributed by atoms with van der Waals surface area (Å²) in [6, 6.07) is 9.19. The number of hydrogen-bond donors (Lipinski definition) is 0. The van der Waals surface area contributed by atoms with Crippen LogP contribution in [0.3, 0.4) is 0 Å². The molecule has 9 heteroatoms. The normalized spacial score (nSPS) is 16.6. The lowest BCUT2D eigenvalue weighted by Gasteiger charge is -2.39. The predicted octanol–water partition coefficient (Wildman–Crippen LogP) is 4.52. The van der Waals surface area contributed by atoms with Crippen molar-refractivity contribution in [1.82, 2.24) is 15.1 Å². The highest BCUT2D eigenvalue weighted by Crippen LogP contribution is 2.29. The minimum absolute atomic E-state index is 0.186. The van der Waals surface area contributed by atoms with Gasteiger partial charge in [0, 0.05) is 31.7 Å². The Morgan fingerprint density at radius 3 is 2.63 bits per heavy atom. The molecule has 0 spiro atoms. The molecule has 0 bridgehead atoms. The minimum atomic E-state index is -0.710. The van der Waals surface area contributed by atoms with Gasteiger partial charge < -0.3 is 9.64 Å². The summed E-state index contributed by atoms with van der Waals surface area (Å²) in [6.07, 6.45) is 2.00. The molecule has 1 saturated heterocycles. The minimum Gasteiger partial charge on any atom is -0.424 e. The van der Waals surface area contributed by atoms with E-state index in [9.17, 15) is 9.59 Å². The fourth-order valence-electron chi connectivity index (χ4n) is 3.33. The predicted molar refractivity (Wildman–Crippen MR) is 118 cm³/mol. The second kappa shape index (κ2) is 10.4. The van der Waals surface area contributed by atoms with E-state index in [-0.39, 0.29) is 6.03 Å². The van der Waals surface area contributed by atoms with Crippen LogP contribution in [0.25, 0.3) is 0 Å². The topological polar surface area (TPSA) is 78.9 Å². The SMILES string of the molecule is CCCCN1CCC(OC(=O)N(CC)c2ccccc2)N(c2nnc(CC)s2)C1=O. The summed E-state index contributed by atoms with van der Waals surface area (Å²) in [6.45, 7) is 7.67. The van der Waals surface area contributed by atoms with E-state index in [0.29, 0.717) is 31.2 Å². The van der Waals surface area contributed by atoms with Crippen LogP contribution >= 0.6 is 11.3 Å². The van der Waals surface area contributed by atoms with Crippen LogP contribution in [0.4, 0.5) is 20.4 Å². The lowest BCUT2D eigenvalue weighted by molar-refractivity contribution is 0.0753. The van der Waals surface area contributed by atoms with Crippen LogP contribution in [-0.2, 0) is 11.2 Å². The molecule has 1 fully saturated rings. The molecule has 1 unspecified atom stereocenters. The number of aromatic nitrogens is 2. The summed E-state index contributed by atoms with van der Waals surface area (Å²) in [7, 11) is 0. The number of carbonyl (C=O) groups excluding carboxylic acids is 2. The molecule has 0 aliphatic carbocycles.